The Morgan fingerprint density at radius 1 is 1.22 bits per heavy atom. The van der Waals surface area contributed by atoms with Crippen molar-refractivity contribution >= 4 is 49.2 Å². The summed E-state index contributed by atoms with van der Waals surface area (Å²) >= 11 is 7.90. The van der Waals surface area contributed by atoms with E-state index in [1.165, 1.54) is 37.0 Å². The van der Waals surface area contributed by atoms with Gasteiger partial charge in [-0.1, -0.05) is 50.4 Å². The predicted molar refractivity (Wildman–Crippen MR) is 81.2 cm³/mol. The summed E-state index contributed by atoms with van der Waals surface area (Å²) in [6, 6.07) is 0. The molecule has 18 heavy (non-hydrogen) atoms. The minimum atomic E-state index is -0.350. The summed E-state index contributed by atoms with van der Waals surface area (Å²) in [5.74, 6) is -0.350. The Balaban J connectivity index is 2.16. The first kappa shape index (κ1) is 16.1. The second-order valence-corrected chi connectivity index (χ2v) is 7.59. The number of rotatable bonds is 8. The number of carbonyl (C=O) groups excluding carboxylic acids is 1. The number of hydrogen-bond donors (Lipinski definition) is 0. The second-order valence-electron chi connectivity index (χ2n) is 3.99. The molecule has 0 bridgehead atoms. The van der Waals surface area contributed by atoms with E-state index in [1.54, 1.807) is 0 Å². The topological polar surface area (TPSA) is 39.2 Å². The van der Waals surface area contributed by atoms with E-state index in [1.807, 2.05) is 0 Å². The highest BCUT2D eigenvalue weighted by Gasteiger charge is 2.16. The SMILES string of the molecule is CCCCCCCCOC(=O)c1nc(Br)sc1Br. The molecular weight excluding hydrogens is 382 g/mol. The molecule has 0 fully saturated rings. The van der Waals surface area contributed by atoms with E-state index < -0.39 is 0 Å². The van der Waals surface area contributed by atoms with E-state index in [2.05, 4.69) is 43.8 Å². The average Bonchev–Trinajstić information content (AvgIpc) is 2.67. The third-order valence-electron chi connectivity index (χ3n) is 2.48. The molecule has 0 aromatic carbocycles. The Morgan fingerprint density at radius 3 is 2.50 bits per heavy atom. The number of thiazole rings is 1. The van der Waals surface area contributed by atoms with Gasteiger partial charge in [0.15, 0.2) is 9.61 Å². The Labute approximate surface area is 129 Å². The van der Waals surface area contributed by atoms with Gasteiger partial charge >= 0.3 is 5.97 Å². The molecule has 0 N–H and O–H groups in total. The molecule has 6 heteroatoms. The van der Waals surface area contributed by atoms with E-state index in [9.17, 15) is 4.79 Å². The lowest BCUT2D eigenvalue weighted by atomic mass is 10.1. The molecule has 1 rings (SSSR count). The lowest BCUT2D eigenvalue weighted by Crippen LogP contribution is -2.07. The summed E-state index contributed by atoms with van der Waals surface area (Å²) in [6.45, 7) is 2.68. The normalized spacial score (nSPS) is 10.6. The molecule has 3 nitrogen and oxygen atoms in total. The maximum Gasteiger partial charge on any atom is 0.359 e. The highest BCUT2D eigenvalue weighted by atomic mass is 79.9. The number of esters is 1. The van der Waals surface area contributed by atoms with Crippen molar-refractivity contribution < 1.29 is 9.53 Å². The van der Waals surface area contributed by atoms with Gasteiger partial charge in [-0.25, -0.2) is 9.78 Å². The Kier molecular flexibility index (Phi) is 8.10. The van der Waals surface area contributed by atoms with Gasteiger partial charge in [0.1, 0.15) is 3.79 Å². The van der Waals surface area contributed by atoms with Crippen molar-refractivity contribution in [1.82, 2.24) is 4.98 Å². The predicted octanol–water partition coefficient (Wildman–Crippen LogP) is 5.19. The molecule has 0 aliphatic carbocycles. The van der Waals surface area contributed by atoms with Gasteiger partial charge in [0.2, 0.25) is 0 Å². The largest absolute Gasteiger partial charge is 0.461 e. The minimum absolute atomic E-state index is 0.350. The van der Waals surface area contributed by atoms with E-state index >= 15 is 0 Å². The van der Waals surface area contributed by atoms with Gasteiger partial charge in [-0.3, -0.25) is 0 Å². The first-order chi connectivity index (χ1) is 8.65. The summed E-state index contributed by atoms with van der Waals surface area (Å²) in [7, 11) is 0. The molecule has 0 saturated carbocycles. The van der Waals surface area contributed by atoms with Crippen LogP contribution in [0.15, 0.2) is 7.70 Å². The number of nitrogens with zero attached hydrogens (tertiary/aromatic N) is 1. The lowest BCUT2D eigenvalue weighted by Gasteiger charge is -2.03. The van der Waals surface area contributed by atoms with Gasteiger partial charge in [0.25, 0.3) is 0 Å². The molecule has 0 atom stereocenters. The highest BCUT2D eigenvalue weighted by molar-refractivity contribution is 9.12. The molecular formula is C12H17Br2NO2S. The van der Waals surface area contributed by atoms with Crippen LogP contribution in [0.5, 0.6) is 0 Å². The van der Waals surface area contributed by atoms with Crippen LogP contribution in [0.2, 0.25) is 0 Å². The third-order valence-corrected chi connectivity index (χ3v) is 4.64. The first-order valence-corrected chi connectivity index (χ1v) is 8.54. The van der Waals surface area contributed by atoms with Crippen LogP contribution in [0.3, 0.4) is 0 Å². The maximum atomic E-state index is 11.7. The lowest BCUT2D eigenvalue weighted by molar-refractivity contribution is 0.0490. The summed E-state index contributed by atoms with van der Waals surface area (Å²) in [6.07, 6.45) is 7.08. The van der Waals surface area contributed by atoms with Gasteiger partial charge in [0, 0.05) is 0 Å². The van der Waals surface area contributed by atoms with Crippen molar-refractivity contribution in [1.29, 1.82) is 0 Å². The number of aromatic nitrogens is 1. The van der Waals surface area contributed by atoms with Gasteiger partial charge in [0.05, 0.1) is 6.61 Å². The molecule has 0 spiro atoms. The molecule has 1 heterocycles. The van der Waals surface area contributed by atoms with Crippen LogP contribution in [0.1, 0.15) is 55.9 Å². The average molecular weight is 399 g/mol. The fourth-order valence-corrected chi connectivity index (χ4v) is 4.05. The fourth-order valence-electron chi connectivity index (χ4n) is 1.52. The maximum absolute atomic E-state index is 11.7. The molecule has 0 aliphatic heterocycles. The molecule has 0 amide bonds. The molecule has 0 saturated heterocycles. The monoisotopic (exact) mass is 397 g/mol. The first-order valence-electron chi connectivity index (χ1n) is 6.14. The molecule has 102 valence electrons. The van der Waals surface area contributed by atoms with Crippen LogP contribution < -0.4 is 0 Å². The molecule has 1 aromatic heterocycles. The molecule has 0 radical (unpaired) electrons. The van der Waals surface area contributed by atoms with E-state index in [0.717, 1.165) is 12.8 Å². The van der Waals surface area contributed by atoms with Crippen molar-refractivity contribution in [2.45, 2.75) is 45.4 Å². The van der Waals surface area contributed by atoms with Crippen LogP contribution in [0, 0.1) is 0 Å². The van der Waals surface area contributed by atoms with Gasteiger partial charge < -0.3 is 4.74 Å². The molecule has 0 aliphatic rings. The van der Waals surface area contributed by atoms with Gasteiger partial charge in [-0.05, 0) is 38.3 Å². The minimum Gasteiger partial charge on any atom is -0.461 e. The standard InChI is InChI=1S/C12H17Br2NO2S/c1-2-3-4-5-6-7-8-17-11(16)9-10(13)18-12(14)15-9/h2-8H2,1H3. The van der Waals surface area contributed by atoms with Crippen molar-refractivity contribution in [2.75, 3.05) is 6.61 Å². The summed E-state index contributed by atoms with van der Waals surface area (Å²) < 4.78 is 6.58. The number of ether oxygens (including phenoxy) is 1. The Hall–Kier alpha value is 0.0600. The zero-order valence-corrected chi connectivity index (χ0v) is 14.4. The zero-order chi connectivity index (χ0) is 13.4. The number of unbranched alkanes of at least 4 members (excludes halogenated alkanes) is 5. The van der Waals surface area contributed by atoms with Crippen LogP contribution in [-0.4, -0.2) is 17.6 Å². The van der Waals surface area contributed by atoms with E-state index in [-0.39, 0.29) is 5.97 Å². The summed E-state index contributed by atoms with van der Waals surface area (Å²) in [5.41, 5.74) is 0.359. The Bertz CT molecular complexity index is 382. The summed E-state index contributed by atoms with van der Waals surface area (Å²) in [5, 5.41) is 0. The van der Waals surface area contributed by atoms with Crippen LogP contribution in [-0.2, 0) is 4.74 Å². The molecule has 0 unspecified atom stereocenters. The van der Waals surface area contributed by atoms with Crippen LogP contribution >= 0.6 is 43.2 Å². The van der Waals surface area contributed by atoms with Crippen LogP contribution in [0.25, 0.3) is 0 Å². The van der Waals surface area contributed by atoms with Crippen molar-refractivity contribution in [3.8, 4) is 0 Å². The number of halogens is 2. The van der Waals surface area contributed by atoms with Crippen molar-refractivity contribution in [2.24, 2.45) is 0 Å². The van der Waals surface area contributed by atoms with E-state index in [4.69, 9.17) is 4.74 Å². The second kappa shape index (κ2) is 9.04. The fraction of sp³-hybridized carbons (Fsp3) is 0.667. The van der Waals surface area contributed by atoms with Crippen molar-refractivity contribution in [3.05, 3.63) is 13.4 Å². The Morgan fingerprint density at radius 2 is 1.89 bits per heavy atom. The zero-order valence-electron chi connectivity index (χ0n) is 10.4. The van der Waals surface area contributed by atoms with E-state index in [0.29, 0.717) is 20.0 Å². The molecule has 1 aromatic rings. The number of hydrogen-bond acceptors (Lipinski definition) is 4. The highest BCUT2D eigenvalue weighted by Crippen LogP contribution is 2.28. The third kappa shape index (κ3) is 5.80. The van der Waals surface area contributed by atoms with Gasteiger partial charge in [-0.15, -0.1) is 0 Å². The van der Waals surface area contributed by atoms with Gasteiger partial charge in [-0.2, -0.15) is 0 Å². The quantitative estimate of drug-likeness (QED) is 0.447. The smallest absolute Gasteiger partial charge is 0.359 e. The van der Waals surface area contributed by atoms with Crippen molar-refractivity contribution in [3.63, 3.8) is 0 Å². The van der Waals surface area contributed by atoms with Crippen LogP contribution in [0.4, 0.5) is 0 Å². The number of carbonyl (C=O) groups is 1. The summed E-state index contributed by atoms with van der Waals surface area (Å²) in [4.78, 5) is 15.7.